The van der Waals surface area contributed by atoms with Gasteiger partial charge in [0.1, 0.15) is 0 Å². The number of hydrogen-bond acceptors (Lipinski definition) is 1. The molecule has 0 N–H and O–H groups in total. The first-order valence-electron chi connectivity index (χ1n) is 0.563. The molecule has 0 aromatic carbocycles. The molecule has 0 saturated heterocycles. The van der Waals surface area contributed by atoms with E-state index in [4.69, 9.17) is 0 Å². The Hall–Kier alpha value is 1.78. The van der Waals surface area contributed by atoms with Crippen LogP contribution >= 0.6 is 11.9 Å². The van der Waals surface area contributed by atoms with Crippen molar-refractivity contribution in [1.82, 2.24) is 0 Å². The molecule has 0 spiro atoms. The van der Waals surface area contributed by atoms with Crippen LogP contribution in [0.2, 0.25) is 0 Å². The third kappa shape index (κ3) is 9.22. The van der Waals surface area contributed by atoms with Crippen molar-refractivity contribution in [3.8, 4) is 0 Å². The number of hydrogen-bond donors (Lipinski definition) is 0. The zero-order valence-electron chi connectivity index (χ0n) is 1.79. The summed E-state index contributed by atoms with van der Waals surface area (Å²) in [6.45, 7) is 0. The van der Waals surface area contributed by atoms with Crippen molar-refractivity contribution >= 4 is 58.0 Å². The molecule has 0 saturated carbocycles. The molecule has 1 nitrogen and oxygen atoms in total. The van der Waals surface area contributed by atoms with Crippen LogP contribution in [0.3, 0.4) is 0 Å². The molecule has 0 fully saturated rings. The zero-order valence-corrected chi connectivity index (χ0v) is 4.54. The van der Waals surface area contributed by atoms with Crippen LogP contribution in [0.15, 0.2) is 0 Å². The van der Waals surface area contributed by atoms with E-state index in [0.29, 0.717) is 16.6 Å². The van der Waals surface area contributed by atoms with Gasteiger partial charge in [0.15, 0.2) is 0 Å². The van der Waals surface area contributed by atoms with Crippen LogP contribution in [-0.2, 0) is 3.34 Å². The van der Waals surface area contributed by atoms with Gasteiger partial charge in [0, 0.05) is 11.9 Å². The molecule has 0 rings (SSSR count). The molecule has 0 aliphatic rings. The van der Waals surface area contributed by atoms with E-state index >= 15 is 0 Å². The maximum atomic E-state index is 4.56. The number of rotatable bonds is 0. The van der Waals surface area contributed by atoms with E-state index in [-0.39, 0.29) is 29.6 Å². The first-order chi connectivity index (χ1) is 1.41. The molecule has 0 bridgehead atoms. The second kappa shape index (κ2) is 8.84. The van der Waals surface area contributed by atoms with Crippen molar-refractivity contribution in [2.24, 2.45) is 0 Å². The van der Waals surface area contributed by atoms with Crippen molar-refractivity contribution in [2.75, 3.05) is 0 Å². The molecular weight excluding hydrogens is 101 g/mol. The fraction of sp³-hybridized carbons (Fsp3) is 0. The van der Waals surface area contributed by atoms with Crippen LogP contribution in [0.4, 0.5) is 0 Å². The SMILES string of the molecule is [AlH2][O]Cl.[NaH]. The van der Waals surface area contributed by atoms with E-state index in [1.807, 2.05) is 0 Å². The Morgan fingerprint density at radius 3 is 1.75 bits per heavy atom. The van der Waals surface area contributed by atoms with Gasteiger partial charge >= 0.3 is 46.2 Å². The van der Waals surface area contributed by atoms with E-state index in [0.717, 1.165) is 0 Å². The second-order valence-electron chi connectivity index (χ2n) is 0.154. The minimum atomic E-state index is 0. The van der Waals surface area contributed by atoms with E-state index in [2.05, 4.69) is 15.2 Å². The molecule has 4 heteroatoms. The van der Waals surface area contributed by atoms with Gasteiger partial charge in [0.05, 0.1) is 0 Å². The molecule has 0 atom stereocenters. The molecule has 0 radical (unpaired) electrons. The van der Waals surface area contributed by atoms with Crippen molar-refractivity contribution in [3.63, 3.8) is 0 Å². The third-order valence-electron chi connectivity index (χ3n) is 0. The predicted molar refractivity (Wildman–Crippen MR) is 22.6 cm³/mol. The fourth-order valence-corrected chi connectivity index (χ4v) is 0. The predicted octanol–water partition coefficient (Wildman–Crippen LogP) is -0.944. The Balaban J connectivity index is 0. The van der Waals surface area contributed by atoms with E-state index in [9.17, 15) is 0 Å². The van der Waals surface area contributed by atoms with Gasteiger partial charge in [-0.3, -0.25) is 0 Å². The first kappa shape index (κ1) is 9.24. The average molecular weight is 104 g/mol. The van der Waals surface area contributed by atoms with Gasteiger partial charge in [0.2, 0.25) is 0 Å². The van der Waals surface area contributed by atoms with Crippen LogP contribution in [0.1, 0.15) is 0 Å². The van der Waals surface area contributed by atoms with E-state index in [1.54, 1.807) is 0 Å². The summed E-state index contributed by atoms with van der Waals surface area (Å²) in [5.41, 5.74) is 0. The normalized spacial score (nSPS) is 4.25. The molecule has 0 unspecified atom stereocenters. The summed E-state index contributed by atoms with van der Waals surface area (Å²) >= 11 is 5.19. The minimum absolute atomic E-state index is 0. The molecule has 0 aromatic heterocycles. The topological polar surface area (TPSA) is 9.23 Å². The Labute approximate surface area is 60.9 Å². The summed E-state index contributed by atoms with van der Waals surface area (Å²) in [7, 11) is 0. The van der Waals surface area contributed by atoms with Gasteiger partial charge in [-0.1, -0.05) is 0 Å². The van der Waals surface area contributed by atoms with E-state index < -0.39 is 0 Å². The Bertz CT molecular complexity index is 8.00. The molecule has 20 valence electrons. The quantitative estimate of drug-likeness (QED) is 0.360. The summed E-state index contributed by atoms with van der Waals surface area (Å²) in [5.74, 6) is 0. The molecule has 0 heterocycles. The molecular formula is H3AlClNaO. The van der Waals surface area contributed by atoms with Crippen LogP contribution in [0, 0.1) is 0 Å². The zero-order chi connectivity index (χ0) is 2.71. The van der Waals surface area contributed by atoms with E-state index in [1.165, 1.54) is 0 Å². The number of halogens is 1. The van der Waals surface area contributed by atoms with Gasteiger partial charge in [0.25, 0.3) is 0 Å². The Morgan fingerprint density at radius 1 is 1.75 bits per heavy atom. The third-order valence-corrected chi connectivity index (χ3v) is 0. The van der Waals surface area contributed by atoms with Gasteiger partial charge < -0.3 is 3.34 Å². The van der Waals surface area contributed by atoms with Crippen LogP contribution in [0.5, 0.6) is 0 Å². The fourth-order valence-electron chi connectivity index (χ4n) is 0. The monoisotopic (exact) mass is 104 g/mol. The van der Waals surface area contributed by atoms with Crippen LogP contribution in [-0.4, -0.2) is 46.2 Å². The van der Waals surface area contributed by atoms with Gasteiger partial charge in [-0.2, -0.15) is 0 Å². The molecule has 0 aliphatic heterocycles. The summed E-state index contributed by atoms with van der Waals surface area (Å²) in [6, 6.07) is 0. The average Bonchev–Trinajstić information content (AvgIpc) is 0.918. The molecule has 0 amide bonds. The van der Waals surface area contributed by atoms with Gasteiger partial charge in [-0.05, 0) is 0 Å². The maximum absolute atomic E-state index is 4.56. The second-order valence-corrected chi connectivity index (χ2v) is 1.39. The summed E-state index contributed by atoms with van der Waals surface area (Å²) < 4.78 is 3.86. The Kier molecular flexibility index (Phi) is 20.4. The summed E-state index contributed by atoms with van der Waals surface area (Å²) in [4.78, 5) is 0. The molecule has 0 aliphatic carbocycles. The summed E-state index contributed by atoms with van der Waals surface area (Å²) in [5, 5.41) is 0. The summed E-state index contributed by atoms with van der Waals surface area (Å²) in [6.07, 6.45) is 0. The van der Waals surface area contributed by atoms with Crippen molar-refractivity contribution < 1.29 is 3.34 Å². The van der Waals surface area contributed by atoms with Crippen molar-refractivity contribution in [1.29, 1.82) is 0 Å². The van der Waals surface area contributed by atoms with Crippen molar-refractivity contribution in [3.05, 3.63) is 0 Å². The first-order valence-corrected chi connectivity index (χ1v) is 1.69. The van der Waals surface area contributed by atoms with Crippen LogP contribution in [0.25, 0.3) is 0 Å². The Morgan fingerprint density at radius 2 is 1.75 bits per heavy atom. The molecule has 0 aromatic rings. The van der Waals surface area contributed by atoms with Crippen molar-refractivity contribution in [2.45, 2.75) is 0 Å². The standard InChI is InChI=1S/Al.ClO.Na.3H/c;1-2;;;;/q+1;-1;;;;. The molecule has 4 heavy (non-hydrogen) atoms. The van der Waals surface area contributed by atoms with Gasteiger partial charge in [-0.25, -0.2) is 0 Å². The van der Waals surface area contributed by atoms with Gasteiger partial charge in [-0.15, -0.1) is 0 Å². The van der Waals surface area contributed by atoms with Crippen LogP contribution < -0.4 is 0 Å².